The van der Waals surface area contributed by atoms with Crippen LogP contribution >= 0.6 is 10.6 Å². The fourth-order valence-corrected chi connectivity index (χ4v) is 5.91. The number of hydrogen-bond acceptors (Lipinski definition) is 3. The van der Waals surface area contributed by atoms with Crippen LogP contribution in [0.15, 0.2) is 42.6 Å². The number of fused-ring (bicyclic) bond motifs is 1. The summed E-state index contributed by atoms with van der Waals surface area (Å²) in [6, 6.07) is 9.82. The lowest BCUT2D eigenvalue weighted by Crippen LogP contribution is -2.36. The van der Waals surface area contributed by atoms with Crippen molar-refractivity contribution in [1.29, 1.82) is 0 Å². The summed E-state index contributed by atoms with van der Waals surface area (Å²) in [6.45, 7) is 3.78. The van der Waals surface area contributed by atoms with Crippen LogP contribution in [0.5, 0.6) is 0 Å². The molecule has 5 N–H and O–H groups in total. The van der Waals surface area contributed by atoms with Gasteiger partial charge in [0.05, 0.1) is 15.8 Å². The van der Waals surface area contributed by atoms with E-state index in [1.165, 1.54) is 12.1 Å². The van der Waals surface area contributed by atoms with Gasteiger partial charge in [0.2, 0.25) is 0 Å². The van der Waals surface area contributed by atoms with Gasteiger partial charge < -0.3 is 10.7 Å². The molecule has 1 atom stereocenters. The first-order chi connectivity index (χ1) is 13.6. The molecular weight excluding hydrogens is 391 g/mol. The van der Waals surface area contributed by atoms with Gasteiger partial charge in [-0.3, -0.25) is 13.9 Å². The van der Waals surface area contributed by atoms with Crippen molar-refractivity contribution in [2.24, 2.45) is 5.73 Å². The fraction of sp³-hybridized carbons (Fsp3) is 0.318. The average Bonchev–Trinajstić information content (AvgIpc) is 3.07. The smallest absolute Gasteiger partial charge is 0.250 e. The van der Waals surface area contributed by atoms with Crippen molar-refractivity contribution in [3.63, 3.8) is 0 Å². The largest absolute Gasteiger partial charge is 0.366 e. The average molecular weight is 417 g/mol. The Bertz CT molecular complexity index is 1090. The van der Waals surface area contributed by atoms with E-state index in [1.807, 2.05) is 26.1 Å². The first kappa shape index (κ1) is 19.9. The van der Waals surface area contributed by atoms with E-state index in [-0.39, 0.29) is 11.7 Å². The van der Waals surface area contributed by atoms with Crippen molar-refractivity contribution in [1.82, 2.24) is 4.98 Å². The summed E-state index contributed by atoms with van der Waals surface area (Å²) in [4.78, 5) is 15.3. The van der Waals surface area contributed by atoms with Crippen LogP contribution in [0, 0.1) is 5.82 Å². The number of primary amides is 1. The van der Waals surface area contributed by atoms with E-state index in [0.29, 0.717) is 29.7 Å². The van der Waals surface area contributed by atoms with Gasteiger partial charge in [-0.1, -0.05) is 12.1 Å². The Kier molecular flexibility index (Phi) is 4.72. The Balaban J connectivity index is 1.84. The number of aromatic amines is 1. The molecule has 0 saturated carbocycles. The zero-order valence-corrected chi connectivity index (χ0v) is 17.2. The van der Waals surface area contributed by atoms with Gasteiger partial charge in [0.1, 0.15) is 5.82 Å². The van der Waals surface area contributed by atoms with Crippen LogP contribution < -0.4 is 5.73 Å². The van der Waals surface area contributed by atoms with E-state index in [9.17, 15) is 18.3 Å². The predicted octanol–water partition coefficient (Wildman–Crippen LogP) is 5.48. The highest BCUT2D eigenvalue weighted by molar-refractivity contribution is 8.25. The molecule has 1 aliphatic rings. The Labute approximate surface area is 170 Å². The zero-order valence-electron chi connectivity index (χ0n) is 16.4. The van der Waals surface area contributed by atoms with Crippen molar-refractivity contribution in [3.8, 4) is 11.1 Å². The summed E-state index contributed by atoms with van der Waals surface area (Å²) in [5.41, 5.74) is 9.30. The maximum absolute atomic E-state index is 13.3. The van der Waals surface area contributed by atoms with E-state index in [2.05, 4.69) is 4.98 Å². The van der Waals surface area contributed by atoms with Crippen molar-refractivity contribution in [2.75, 3.05) is 5.75 Å². The van der Waals surface area contributed by atoms with E-state index >= 15 is 0 Å². The third-order valence-electron chi connectivity index (χ3n) is 6.08. The van der Waals surface area contributed by atoms with Gasteiger partial charge in [0.25, 0.3) is 5.91 Å². The molecule has 3 aromatic rings. The van der Waals surface area contributed by atoms with Crippen molar-refractivity contribution < 1.29 is 18.3 Å². The number of carbonyl (C=O) groups excluding carboxylic acids is 1. The van der Waals surface area contributed by atoms with Crippen LogP contribution in [-0.4, -0.2) is 30.5 Å². The van der Waals surface area contributed by atoms with Gasteiger partial charge in [-0.2, -0.15) is 10.6 Å². The van der Waals surface area contributed by atoms with Gasteiger partial charge in [-0.05, 0) is 73.6 Å². The van der Waals surface area contributed by atoms with Crippen molar-refractivity contribution >= 4 is 27.4 Å². The molecule has 1 fully saturated rings. The topological polar surface area (TPSA) is 99.3 Å². The summed E-state index contributed by atoms with van der Waals surface area (Å²) in [5.74, 6) is -0.374. The normalized spacial score (nSPS) is 21.8. The number of nitrogens with two attached hydrogens (primary N) is 1. The van der Waals surface area contributed by atoms with Crippen LogP contribution in [-0.2, 0) is 0 Å². The number of halogens is 1. The minimum atomic E-state index is -2.63. The van der Waals surface area contributed by atoms with Crippen LogP contribution in [0.25, 0.3) is 22.0 Å². The number of hydrogen-bond donors (Lipinski definition) is 4. The summed E-state index contributed by atoms with van der Waals surface area (Å²) in [5, 5.41) is 0.889. The lowest BCUT2D eigenvalue weighted by Gasteiger charge is -2.52. The van der Waals surface area contributed by atoms with Crippen molar-refractivity contribution in [2.45, 2.75) is 37.4 Å². The monoisotopic (exact) mass is 416 g/mol. The Hall–Kier alpha value is -2.35. The maximum atomic E-state index is 13.3. The number of nitrogens with one attached hydrogen (secondary N) is 1. The molecule has 0 aliphatic carbocycles. The molecule has 2 aromatic carbocycles. The van der Waals surface area contributed by atoms with E-state index in [0.717, 1.165) is 22.1 Å². The highest BCUT2D eigenvalue weighted by Crippen LogP contribution is 2.61. The van der Waals surface area contributed by atoms with E-state index in [1.54, 1.807) is 18.2 Å². The Morgan fingerprint density at radius 3 is 2.52 bits per heavy atom. The van der Waals surface area contributed by atoms with Crippen molar-refractivity contribution in [3.05, 3.63) is 59.5 Å². The highest BCUT2D eigenvalue weighted by Gasteiger charge is 2.41. The summed E-state index contributed by atoms with van der Waals surface area (Å²) in [7, 11) is -2.63. The SMILES string of the molecule is CC1(C)C[C@@H](c2c[nH]c3c(C(N)=O)cc(-c4ccc(F)cc4)cc23)CCS1(O)O. The number of H-pyrrole nitrogens is 1. The first-order valence-electron chi connectivity index (χ1n) is 9.55. The van der Waals surface area contributed by atoms with E-state index in [4.69, 9.17) is 5.73 Å². The fourth-order valence-electron chi connectivity index (χ4n) is 4.27. The third-order valence-corrected chi connectivity index (χ3v) is 8.82. The molecular formula is C22H25FN2O3S. The number of benzene rings is 2. The molecule has 5 nitrogen and oxygen atoms in total. The van der Waals surface area contributed by atoms with Crippen LogP contribution in [0.3, 0.4) is 0 Å². The molecule has 1 amide bonds. The highest BCUT2D eigenvalue weighted by atomic mass is 32.3. The van der Waals surface area contributed by atoms with Gasteiger partial charge >= 0.3 is 0 Å². The second-order valence-corrected chi connectivity index (χ2v) is 11.2. The van der Waals surface area contributed by atoms with E-state index < -0.39 is 21.2 Å². The molecule has 1 aliphatic heterocycles. The van der Waals surface area contributed by atoms with Crippen LogP contribution in [0.4, 0.5) is 4.39 Å². The first-order valence-corrected chi connectivity index (χ1v) is 11.3. The molecule has 154 valence electrons. The maximum Gasteiger partial charge on any atom is 0.250 e. The molecule has 29 heavy (non-hydrogen) atoms. The van der Waals surface area contributed by atoms with Gasteiger partial charge in [0, 0.05) is 17.3 Å². The Morgan fingerprint density at radius 1 is 1.21 bits per heavy atom. The molecule has 1 saturated heterocycles. The summed E-state index contributed by atoms with van der Waals surface area (Å²) >= 11 is 0. The summed E-state index contributed by atoms with van der Waals surface area (Å²) < 4.78 is 33.6. The number of rotatable bonds is 3. The molecule has 0 unspecified atom stereocenters. The molecule has 0 spiro atoms. The van der Waals surface area contributed by atoms with Gasteiger partial charge in [-0.15, -0.1) is 0 Å². The molecule has 0 radical (unpaired) electrons. The predicted molar refractivity (Wildman–Crippen MR) is 116 cm³/mol. The molecule has 0 bridgehead atoms. The number of amides is 1. The Morgan fingerprint density at radius 2 is 1.90 bits per heavy atom. The molecule has 1 aromatic heterocycles. The standard InChI is InChI=1S/C22H25FN2O3S/c1-22(2)11-14(7-8-29(22,27)28)19-12-25-20-17(19)9-15(10-18(20)21(24)26)13-3-5-16(23)6-4-13/h3-6,9-10,12,14,25,27-28H,7-8,11H2,1-2H3,(H2,24,26)/t14-/m0/s1. The second-order valence-electron chi connectivity index (χ2n) is 8.38. The quantitative estimate of drug-likeness (QED) is 0.455. The molecule has 7 heteroatoms. The summed E-state index contributed by atoms with van der Waals surface area (Å²) in [6.07, 6.45) is 3.18. The molecule has 2 heterocycles. The zero-order chi connectivity index (χ0) is 21.0. The minimum absolute atomic E-state index is 0.128. The van der Waals surface area contributed by atoms with Crippen LogP contribution in [0.1, 0.15) is 48.5 Å². The lowest BCUT2D eigenvalue weighted by atomic mass is 9.86. The van der Waals surface area contributed by atoms with Gasteiger partial charge in [-0.25, -0.2) is 4.39 Å². The van der Waals surface area contributed by atoms with Crippen LogP contribution in [0.2, 0.25) is 0 Å². The molecule has 4 rings (SSSR count). The minimum Gasteiger partial charge on any atom is -0.366 e. The second kappa shape index (κ2) is 6.86. The van der Waals surface area contributed by atoms with Gasteiger partial charge in [0.15, 0.2) is 0 Å². The lowest BCUT2D eigenvalue weighted by molar-refractivity contribution is 0.100. The number of carbonyl (C=O) groups is 1. The number of aromatic nitrogens is 1. The third kappa shape index (κ3) is 3.43.